The molecular weight excluding hydrogens is 282 g/mol. The zero-order valence-electron chi connectivity index (χ0n) is 12.2. The molecule has 0 atom stereocenters. The summed E-state index contributed by atoms with van der Waals surface area (Å²) < 4.78 is 0. The van der Waals surface area contributed by atoms with E-state index in [4.69, 9.17) is 11.6 Å². The van der Waals surface area contributed by atoms with Crippen molar-refractivity contribution in [3.05, 3.63) is 70.7 Å². The van der Waals surface area contributed by atoms with Crippen LogP contribution >= 0.6 is 11.6 Å². The van der Waals surface area contributed by atoms with Gasteiger partial charge in [-0.15, -0.1) is 0 Å². The smallest absolute Gasteiger partial charge is 0.0558 e. The van der Waals surface area contributed by atoms with E-state index in [9.17, 15) is 5.11 Å². The number of halogens is 1. The van der Waals surface area contributed by atoms with Crippen molar-refractivity contribution >= 4 is 11.6 Å². The van der Waals surface area contributed by atoms with Crippen molar-refractivity contribution in [3.63, 3.8) is 0 Å². The van der Waals surface area contributed by atoms with Crippen LogP contribution in [0.25, 0.3) is 0 Å². The maximum atomic E-state index is 9.22. The van der Waals surface area contributed by atoms with Crippen LogP contribution in [0.15, 0.2) is 54.6 Å². The molecule has 2 aromatic rings. The van der Waals surface area contributed by atoms with Crippen LogP contribution in [0.3, 0.4) is 0 Å². The van der Waals surface area contributed by atoms with Crippen LogP contribution in [-0.2, 0) is 12.8 Å². The zero-order chi connectivity index (χ0) is 14.9. The Labute approximate surface area is 132 Å². The maximum Gasteiger partial charge on any atom is 0.0558 e. The maximum absolute atomic E-state index is 9.22. The molecule has 0 radical (unpaired) electrons. The van der Waals surface area contributed by atoms with Crippen molar-refractivity contribution in [2.45, 2.75) is 12.8 Å². The molecule has 0 aliphatic rings. The van der Waals surface area contributed by atoms with Gasteiger partial charge in [0.1, 0.15) is 0 Å². The van der Waals surface area contributed by atoms with Crippen LogP contribution in [-0.4, -0.2) is 36.2 Å². The predicted molar refractivity (Wildman–Crippen MR) is 88.8 cm³/mol. The van der Waals surface area contributed by atoms with Crippen molar-refractivity contribution in [2.75, 3.05) is 26.2 Å². The molecule has 0 fully saturated rings. The van der Waals surface area contributed by atoms with Crippen LogP contribution in [0.1, 0.15) is 11.1 Å². The second-order valence-electron chi connectivity index (χ2n) is 5.14. The average molecular weight is 304 g/mol. The lowest BCUT2D eigenvalue weighted by atomic mass is 10.1. The third-order valence-corrected chi connectivity index (χ3v) is 4.00. The van der Waals surface area contributed by atoms with Crippen LogP contribution in [0.4, 0.5) is 0 Å². The summed E-state index contributed by atoms with van der Waals surface area (Å²) in [4.78, 5) is 2.29. The van der Waals surface area contributed by atoms with Gasteiger partial charge in [-0.05, 0) is 30.0 Å². The summed E-state index contributed by atoms with van der Waals surface area (Å²) in [7, 11) is 0. The molecular formula is C18H22ClNO. The average Bonchev–Trinajstić information content (AvgIpc) is 2.52. The molecule has 112 valence electrons. The molecule has 1 N–H and O–H groups in total. The highest BCUT2D eigenvalue weighted by Crippen LogP contribution is 2.15. The second kappa shape index (κ2) is 8.83. The first-order chi connectivity index (χ1) is 10.3. The molecule has 0 aliphatic heterocycles. The number of benzene rings is 2. The van der Waals surface area contributed by atoms with Gasteiger partial charge in [0.2, 0.25) is 0 Å². The van der Waals surface area contributed by atoms with Gasteiger partial charge in [0, 0.05) is 24.7 Å². The van der Waals surface area contributed by atoms with E-state index in [1.807, 2.05) is 24.3 Å². The summed E-state index contributed by atoms with van der Waals surface area (Å²) in [5.74, 6) is 0. The number of nitrogens with zero attached hydrogens (tertiary/aromatic N) is 1. The molecule has 0 aromatic heterocycles. The second-order valence-corrected chi connectivity index (χ2v) is 5.55. The van der Waals surface area contributed by atoms with E-state index in [2.05, 4.69) is 35.2 Å². The molecule has 21 heavy (non-hydrogen) atoms. The van der Waals surface area contributed by atoms with E-state index in [1.165, 1.54) is 11.1 Å². The third kappa shape index (κ3) is 5.50. The van der Waals surface area contributed by atoms with Crippen molar-refractivity contribution in [2.24, 2.45) is 0 Å². The van der Waals surface area contributed by atoms with E-state index in [-0.39, 0.29) is 6.61 Å². The standard InChI is InChI=1S/C18H22ClNO/c19-18-9-5-4-8-17(18)11-13-20(14-15-21)12-10-16-6-2-1-3-7-16/h1-9,21H,10-15H2. The van der Waals surface area contributed by atoms with Gasteiger partial charge in [-0.1, -0.05) is 60.1 Å². The number of aliphatic hydroxyl groups excluding tert-OH is 1. The van der Waals surface area contributed by atoms with Gasteiger partial charge in [-0.3, -0.25) is 0 Å². The number of rotatable bonds is 8. The summed E-state index contributed by atoms with van der Waals surface area (Å²) in [5, 5.41) is 10.0. The van der Waals surface area contributed by atoms with Gasteiger partial charge in [0.15, 0.2) is 0 Å². The monoisotopic (exact) mass is 303 g/mol. The summed E-state index contributed by atoms with van der Waals surface area (Å²) in [6, 6.07) is 18.4. The lowest BCUT2D eigenvalue weighted by molar-refractivity contribution is 0.198. The Bertz CT molecular complexity index is 530. The predicted octanol–water partition coefficient (Wildman–Crippen LogP) is 3.42. The summed E-state index contributed by atoms with van der Waals surface area (Å²) >= 11 is 6.19. The molecule has 0 saturated heterocycles. The first-order valence-electron chi connectivity index (χ1n) is 7.40. The van der Waals surface area contributed by atoms with E-state index in [1.54, 1.807) is 0 Å². The lowest BCUT2D eigenvalue weighted by Crippen LogP contribution is -2.31. The Hall–Kier alpha value is -1.35. The van der Waals surface area contributed by atoms with Gasteiger partial charge in [0.25, 0.3) is 0 Å². The topological polar surface area (TPSA) is 23.5 Å². The van der Waals surface area contributed by atoms with Gasteiger partial charge in [-0.25, -0.2) is 0 Å². The van der Waals surface area contributed by atoms with Gasteiger partial charge < -0.3 is 10.0 Å². The minimum Gasteiger partial charge on any atom is -0.395 e. The van der Waals surface area contributed by atoms with E-state index >= 15 is 0 Å². The fourth-order valence-electron chi connectivity index (χ4n) is 2.39. The number of hydrogen-bond donors (Lipinski definition) is 1. The van der Waals surface area contributed by atoms with Gasteiger partial charge in [-0.2, -0.15) is 0 Å². The molecule has 0 bridgehead atoms. The molecule has 0 heterocycles. The minimum atomic E-state index is 0.192. The molecule has 0 spiro atoms. The largest absolute Gasteiger partial charge is 0.395 e. The first kappa shape index (κ1) is 16.0. The highest BCUT2D eigenvalue weighted by atomic mass is 35.5. The van der Waals surface area contributed by atoms with Gasteiger partial charge >= 0.3 is 0 Å². The van der Waals surface area contributed by atoms with E-state index < -0.39 is 0 Å². The Kier molecular flexibility index (Phi) is 6.74. The molecule has 3 heteroatoms. The van der Waals surface area contributed by atoms with Crippen molar-refractivity contribution in [1.82, 2.24) is 4.90 Å². The van der Waals surface area contributed by atoms with E-state index in [0.717, 1.165) is 31.0 Å². The quantitative estimate of drug-likeness (QED) is 0.808. The normalized spacial score (nSPS) is 11.0. The van der Waals surface area contributed by atoms with Crippen LogP contribution in [0.2, 0.25) is 5.02 Å². The Morgan fingerprint density at radius 3 is 2.19 bits per heavy atom. The van der Waals surface area contributed by atoms with Crippen LogP contribution in [0.5, 0.6) is 0 Å². The molecule has 2 rings (SSSR count). The van der Waals surface area contributed by atoms with Crippen LogP contribution in [0, 0.1) is 0 Å². The van der Waals surface area contributed by atoms with E-state index in [0.29, 0.717) is 6.54 Å². The lowest BCUT2D eigenvalue weighted by Gasteiger charge is -2.21. The Morgan fingerprint density at radius 2 is 1.48 bits per heavy atom. The fraction of sp³-hybridized carbons (Fsp3) is 0.333. The first-order valence-corrected chi connectivity index (χ1v) is 7.78. The zero-order valence-corrected chi connectivity index (χ0v) is 13.0. The molecule has 2 aromatic carbocycles. The molecule has 0 amide bonds. The van der Waals surface area contributed by atoms with Gasteiger partial charge in [0.05, 0.1) is 6.61 Å². The summed E-state index contributed by atoms with van der Waals surface area (Å²) in [6.07, 6.45) is 1.91. The third-order valence-electron chi connectivity index (χ3n) is 3.63. The molecule has 0 saturated carbocycles. The summed E-state index contributed by atoms with van der Waals surface area (Å²) in [6.45, 7) is 2.76. The Morgan fingerprint density at radius 1 is 0.810 bits per heavy atom. The fourth-order valence-corrected chi connectivity index (χ4v) is 2.62. The number of hydrogen-bond acceptors (Lipinski definition) is 2. The minimum absolute atomic E-state index is 0.192. The molecule has 0 unspecified atom stereocenters. The van der Waals surface area contributed by atoms with Crippen LogP contribution < -0.4 is 0 Å². The van der Waals surface area contributed by atoms with Crippen molar-refractivity contribution in [1.29, 1.82) is 0 Å². The van der Waals surface area contributed by atoms with Crippen molar-refractivity contribution < 1.29 is 5.11 Å². The molecule has 2 nitrogen and oxygen atoms in total. The highest BCUT2D eigenvalue weighted by Gasteiger charge is 2.06. The molecule has 0 aliphatic carbocycles. The number of aliphatic hydroxyl groups is 1. The highest BCUT2D eigenvalue weighted by molar-refractivity contribution is 6.31. The summed E-state index contributed by atoms with van der Waals surface area (Å²) in [5.41, 5.74) is 2.50. The SMILES string of the molecule is OCCN(CCc1ccccc1)CCc1ccccc1Cl. The van der Waals surface area contributed by atoms with Crippen molar-refractivity contribution in [3.8, 4) is 0 Å². The Balaban J connectivity index is 1.85.